The number of para-hydroxylation sites is 1. The van der Waals surface area contributed by atoms with Crippen LogP contribution in [-0.4, -0.2) is 37.0 Å². The summed E-state index contributed by atoms with van der Waals surface area (Å²) in [7, 11) is 0. The van der Waals surface area contributed by atoms with Crippen molar-refractivity contribution in [2.45, 2.75) is 19.3 Å². The van der Waals surface area contributed by atoms with Crippen LogP contribution in [0.4, 0.5) is 5.69 Å². The summed E-state index contributed by atoms with van der Waals surface area (Å²) in [5.74, 6) is 0.281. The van der Waals surface area contributed by atoms with Crippen LogP contribution in [0.1, 0.15) is 18.4 Å². The van der Waals surface area contributed by atoms with E-state index in [-0.39, 0.29) is 5.91 Å². The fourth-order valence-corrected chi connectivity index (χ4v) is 3.12. The summed E-state index contributed by atoms with van der Waals surface area (Å²) in [6.45, 7) is 3.63. The van der Waals surface area contributed by atoms with Crippen molar-refractivity contribution in [3.63, 3.8) is 0 Å². The predicted molar refractivity (Wildman–Crippen MR) is 94.6 cm³/mol. The topological polar surface area (TPSA) is 23.6 Å². The van der Waals surface area contributed by atoms with Gasteiger partial charge in [0.15, 0.2) is 0 Å². The number of nitrogens with zero attached hydrogens (tertiary/aromatic N) is 2. The summed E-state index contributed by atoms with van der Waals surface area (Å²) in [5, 5.41) is 0. The third-order valence-electron chi connectivity index (χ3n) is 4.44. The van der Waals surface area contributed by atoms with E-state index in [1.807, 2.05) is 29.2 Å². The lowest BCUT2D eigenvalue weighted by Crippen LogP contribution is -2.35. The molecule has 3 rings (SSSR count). The van der Waals surface area contributed by atoms with Crippen LogP contribution in [0.2, 0.25) is 0 Å². The number of benzene rings is 2. The molecule has 3 heteroatoms. The highest BCUT2D eigenvalue weighted by atomic mass is 16.2. The molecular formula is C20H24N2O. The van der Waals surface area contributed by atoms with Gasteiger partial charge >= 0.3 is 0 Å². The molecule has 1 fully saturated rings. The van der Waals surface area contributed by atoms with Crippen molar-refractivity contribution in [1.82, 2.24) is 4.90 Å². The van der Waals surface area contributed by atoms with Crippen LogP contribution < -0.4 is 4.90 Å². The largest absolute Gasteiger partial charge is 0.370 e. The molecule has 2 aromatic rings. The second-order valence-corrected chi connectivity index (χ2v) is 6.04. The minimum atomic E-state index is 0.281. The molecule has 0 saturated carbocycles. The molecule has 1 aliphatic heterocycles. The third-order valence-corrected chi connectivity index (χ3v) is 4.44. The Kier molecular flexibility index (Phi) is 5.30. The molecule has 2 aromatic carbocycles. The monoisotopic (exact) mass is 308 g/mol. The van der Waals surface area contributed by atoms with E-state index in [4.69, 9.17) is 0 Å². The van der Waals surface area contributed by atoms with Gasteiger partial charge in [-0.15, -0.1) is 0 Å². The first kappa shape index (κ1) is 15.6. The highest BCUT2D eigenvalue weighted by Gasteiger charge is 2.18. The van der Waals surface area contributed by atoms with Gasteiger partial charge in [0.05, 0.1) is 0 Å². The maximum atomic E-state index is 12.5. The minimum Gasteiger partial charge on any atom is -0.370 e. The SMILES string of the molecule is O=C(CCc1ccccc1)N1CCCN(c2ccccc2)CC1. The molecule has 1 saturated heterocycles. The van der Waals surface area contributed by atoms with Crippen LogP contribution in [0, 0.1) is 0 Å². The molecule has 1 amide bonds. The average molecular weight is 308 g/mol. The number of carbonyl (C=O) groups is 1. The summed E-state index contributed by atoms with van der Waals surface area (Å²) < 4.78 is 0. The molecule has 0 unspecified atom stereocenters. The number of hydrogen-bond acceptors (Lipinski definition) is 2. The lowest BCUT2D eigenvalue weighted by Gasteiger charge is -2.23. The van der Waals surface area contributed by atoms with Gasteiger partial charge < -0.3 is 9.80 Å². The normalized spacial score (nSPS) is 15.3. The van der Waals surface area contributed by atoms with Crippen LogP contribution in [0.25, 0.3) is 0 Å². The van der Waals surface area contributed by atoms with Gasteiger partial charge in [-0.25, -0.2) is 0 Å². The lowest BCUT2D eigenvalue weighted by molar-refractivity contribution is -0.130. The van der Waals surface area contributed by atoms with Crippen molar-refractivity contribution in [3.8, 4) is 0 Å². The molecule has 0 spiro atoms. The van der Waals surface area contributed by atoms with Crippen molar-refractivity contribution in [1.29, 1.82) is 0 Å². The molecule has 0 bridgehead atoms. The van der Waals surface area contributed by atoms with Crippen LogP contribution in [0.15, 0.2) is 60.7 Å². The van der Waals surface area contributed by atoms with E-state index in [0.717, 1.165) is 39.0 Å². The summed E-state index contributed by atoms with van der Waals surface area (Å²) in [5.41, 5.74) is 2.49. The molecule has 0 radical (unpaired) electrons. The maximum Gasteiger partial charge on any atom is 0.222 e. The van der Waals surface area contributed by atoms with Crippen LogP contribution in [0.3, 0.4) is 0 Å². The Bertz CT molecular complexity index is 612. The number of hydrogen-bond donors (Lipinski definition) is 0. The Morgan fingerprint density at radius 1 is 0.826 bits per heavy atom. The first-order valence-electron chi connectivity index (χ1n) is 8.44. The lowest BCUT2D eigenvalue weighted by atomic mass is 10.1. The van der Waals surface area contributed by atoms with Gasteiger partial charge in [0.2, 0.25) is 5.91 Å². The average Bonchev–Trinajstić information content (AvgIpc) is 2.87. The fraction of sp³-hybridized carbons (Fsp3) is 0.350. The molecular weight excluding hydrogens is 284 g/mol. The fourth-order valence-electron chi connectivity index (χ4n) is 3.12. The third kappa shape index (κ3) is 4.35. The summed E-state index contributed by atoms with van der Waals surface area (Å²) in [6.07, 6.45) is 2.47. The van der Waals surface area contributed by atoms with Crippen molar-refractivity contribution >= 4 is 11.6 Å². The molecule has 23 heavy (non-hydrogen) atoms. The Balaban J connectivity index is 1.52. The Labute approximate surface area is 138 Å². The number of aryl methyl sites for hydroxylation is 1. The molecule has 1 heterocycles. The summed E-state index contributed by atoms with van der Waals surface area (Å²) in [4.78, 5) is 16.9. The smallest absolute Gasteiger partial charge is 0.222 e. The summed E-state index contributed by atoms with van der Waals surface area (Å²) in [6, 6.07) is 20.7. The molecule has 0 aliphatic carbocycles. The van der Waals surface area contributed by atoms with E-state index >= 15 is 0 Å². The van der Waals surface area contributed by atoms with Crippen LogP contribution in [0.5, 0.6) is 0 Å². The molecule has 1 aliphatic rings. The van der Waals surface area contributed by atoms with Gasteiger partial charge in [0.1, 0.15) is 0 Å². The van der Waals surface area contributed by atoms with E-state index in [2.05, 4.69) is 41.3 Å². The Hall–Kier alpha value is -2.29. The number of amides is 1. The van der Waals surface area contributed by atoms with Crippen molar-refractivity contribution in [3.05, 3.63) is 66.2 Å². The van der Waals surface area contributed by atoms with E-state index in [0.29, 0.717) is 6.42 Å². The molecule has 3 nitrogen and oxygen atoms in total. The Morgan fingerprint density at radius 3 is 2.26 bits per heavy atom. The second-order valence-electron chi connectivity index (χ2n) is 6.04. The quantitative estimate of drug-likeness (QED) is 0.864. The summed E-state index contributed by atoms with van der Waals surface area (Å²) >= 11 is 0. The zero-order valence-electron chi connectivity index (χ0n) is 13.5. The Morgan fingerprint density at radius 2 is 1.52 bits per heavy atom. The van der Waals surface area contributed by atoms with E-state index in [1.165, 1.54) is 11.3 Å². The molecule has 120 valence electrons. The van der Waals surface area contributed by atoms with E-state index < -0.39 is 0 Å². The maximum absolute atomic E-state index is 12.5. The first-order valence-corrected chi connectivity index (χ1v) is 8.44. The minimum absolute atomic E-state index is 0.281. The van der Waals surface area contributed by atoms with Crippen molar-refractivity contribution in [2.24, 2.45) is 0 Å². The van der Waals surface area contributed by atoms with Crippen LogP contribution >= 0.6 is 0 Å². The van der Waals surface area contributed by atoms with Crippen LogP contribution in [-0.2, 0) is 11.2 Å². The van der Waals surface area contributed by atoms with Crippen molar-refractivity contribution < 1.29 is 4.79 Å². The molecule has 0 atom stereocenters. The number of carbonyl (C=O) groups excluding carboxylic acids is 1. The highest BCUT2D eigenvalue weighted by molar-refractivity contribution is 5.76. The van der Waals surface area contributed by atoms with Gasteiger partial charge in [0, 0.05) is 38.3 Å². The van der Waals surface area contributed by atoms with E-state index in [1.54, 1.807) is 0 Å². The van der Waals surface area contributed by atoms with Gasteiger partial charge in [-0.2, -0.15) is 0 Å². The molecule has 0 aromatic heterocycles. The number of rotatable bonds is 4. The molecule has 0 N–H and O–H groups in total. The van der Waals surface area contributed by atoms with Gasteiger partial charge in [-0.1, -0.05) is 48.5 Å². The van der Waals surface area contributed by atoms with E-state index in [9.17, 15) is 4.79 Å². The number of anilines is 1. The van der Waals surface area contributed by atoms with Gasteiger partial charge in [0.25, 0.3) is 0 Å². The zero-order valence-corrected chi connectivity index (χ0v) is 13.5. The van der Waals surface area contributed by atoms with Gasteiger partial charge in [-0.05, 0) is 30.5 Å². The van der Waals surface area contributed by atoms with Crippen molar-refractivity contribution in [2.75, 3.05) is 31.1 Å². The second kappa shape index (κ2) is 7.82. The predicted octanol–water partition coefficient (Wildman–Crippen LogP) is 3.36. The first-order chi connectivity index (χ1) is 11.3. The zero-order chi connectivity index (χ0) is 15.9. The standard InChI is InChI=1S/C20H24N2O/c23-20(13-12-18-8-3-1-4-9-18)22-15-7-14-21(16-17-22)19-10-5-2-6-11-19/h1-6,8-11H,7,12-17H2. The van der Waals surface area contributed by atoms with Gasteiger partial charge in [-0.3, -0.25) is 4.79 Å². The highest BCUT2D eigenvalue weighted by Crippen LogP contribution is 2.16.